The minimum Gasteiger partial charge on any atom is -0.508 e. The Balaban J connectivity index is 1.27. The standard InChI is InChI=1S/C42H48N2O12/c1-25-34-23-31(48)13-18-35(34)44(24-29-9-14-32(15-10-29)52-22-21-43-19-7-6-8-20-43)36(25)30-11-16-33(17-12-30)55-41-42(50,26(2)45)39(54-28(4)47)37(53-27(3)46)38(56-41)40(49)51-5/h9-18,23,37-39,41,48,50H,6-8,19-22,24H2,1-5H3/t37-,38+,39+,41-,42-/m1/s1. The molecule has 3 heterocycles. The highest BCUT2D eigenvalue weighted by molar-refractivity contribution is 5.93. The Hall–Kier alpha value is -5.44. The number of nitrogens with zero attached hydrogens (tertiary/aromatic N) is 2. The Kier molecular flexibility index (Phi) is 12.3. The first-order chi connectivity index (χ1) is 26.8. The van der Waals surface area contributed by atoms with E-state index in [4.69, 9.17) is 28.4 Å². The molecule has 0 unspecified atom stereocenters. The summed E-state index contributed by atoms with van der Waals surface area (Å²) in [4.78, 5) is 52.6. The molecular weight excluding hydrogens is 724 g/mol. The number of benzene rings is 3. The van der Waals surface area contributed by atoms with E-state index in [2.05, 4.69) is 9.47 Å². The summed E-state index contributed by atoms with van der Waals surface area (Å²) in [6.07, 6.45) is -3.49. The Bertz CT molecular complexity index is 2050. The first-order valence-corrected chi connectivity index (χ1v) is 18.6. The molecule has 0 aliphatic carbocycles. The van der Waals surface area contributed by atoms with Crippen molar-refractivity contribution in [3.8, 4) is 28.5 Å². The maximum Gasteiger partial charge on any atom is 0.339 e. The van der Waals surface area contributed by atoms with Crippen molar-refractivity contribution in [3.63, 3.8) is 0 Å². The third kappa shape index (κ3) is 8.52. The largest absolute Gasteiger partial charge is 0.508 e. The molecule has 2 N–H and O–H groups in total. The number of hydrogen-bond acceptors (Lipinski definition) is 13. The molecular formula is C42H48N2O12. The van der Waals surface area contributed by atoms with E-state index >= 15 is 0 Å². The van der Waals surface area contributed by atoms with E-state index in [1.165, 1.54) is 19.3 Å². The number of carbonyl (C=O) groups excluding carboxylic acids is 4. The lowest BCUT2D eigenvalue weighted by molar-refractivity contribution is -0.306. The molecule has 14 nitrogen and oxygen atoms in total. The lowest BCUT2D eigenvalue weighted by Crippen LogP contribution is -2.73. The van der Waals surface area contributed by atoms with Crippen molar-refractivity contribution >= 4 is 34.6 Å². The molecule has 0 saturated carbocycles. The number of methoxy groups -OCH3 is 1. The number of rotatable bonds is 13. The quantitative estimate of drug-likeness (QED) is 0.142. The van der Waals surface area contributed by atoms with E-state index in [9.17, 15) is 29.4 Å². The second-order valence-electron chi connectivity index (χ2n) is 14.2. The summed E-state index contributed by atoms with van der Waals surface area (Å²) < 4.78 is 35.5. The molecule has 1 aromatic heterocycles. The molecule has 0 radical (unpaired) electrons. The summed E-state index contributed by atoms with van der Waals surface area (Å²) in [6, 6.07) is 20.0. The number of aliphatic hydroxyl groups is 1. The van der Waals surface area contributed by atoms with Crippen LogP contribution in [0.15, 0.2) is 66.7 Å². The molecule has 0 spiro atoms. The lowest BCUT2D eigenvalue weighted by atomic mass is 9.83. The van der Waals surface area contributed by atoms with Crippen molar-refractivity contribution in [1.29, 1.82) is 0 Å². The van der Waals surface area contributed by atoms with Crippen LogP contribution in [-0.2, 0) is 44.7 Å². The minimum absolute atomic E-state index is 0.128. The van der Waals surface area contributed by atoms with Gasteiger partial charge < -0.3 is 43.2 Å². The first kappa shape index (κ1) is 40.2. The number of Topliss-reactive ketones (excluding diaryl/α,β-unsaturated/α-hetero) is 1. The summed E-state index contributed by atoms with van der Waals surface area (Å²) >= 11 is 0. The molecule has 2 aliphatic heterocycles. The number of phenolic OH excluding ortho intramolecular Hbond substituents is 1. The second-order valence-corrected chi connectivity index (χ2v) is 14.2. The number of ether oxygens (including phenoxy) is 6. The average molecular weight is 773 g/mol. The zero-order valence-corrected chi connectivity index (χ0v) is 32.2. The molecule has 5 atom stereocenters. The highest BCUT2D eigenvalue weighted by Crippen LogP contribution is 2.39. The smallest absolute Gasteiger partial charge is 0.339 e. The fourth-order valence-corrected chi connectivity index (χ4v) is 7.51. The summed E-state index contributed by atoms with van der Waals surface area (Å²) in [5.41, 5.74) is 1.81. The third-order valence-corrected chi connectivity index (χ3v) is 10.3. The van der Waals surface area contributed by atoms with Gasteiger partial charge in [-0.25, -0.2) is 4.79 Å². The SMILES string of the molecule is COC(=O)[C@H]1O[C@@H](Oc2ccc(-c3c(C)c4cc(O)ccc4n3Cc3ccc(OCCN4CCCCC4)cc3)cc2)[C@@](O)(C(C)=O)[C@@H](OC(C)=O)[C@@H]1OC(C)=O. The molecule has 6 rings (SSSR count). The van der Waals surface area contributed by atoms with Crippen LogP contribution in [0.1, 0.15) is 51.2 Å². The number of esters is 3. The van der Waals surface area contributed by atoms with Gasteiger partial charge in [0.1, 0.15) is 23.9 Å². The maximum absolute atomic E-state index is 13.1. The van der Waals surface area contributed by atoms with Crippen molar-refractivity contribution in [2.45, 2.75) is 83.7 Å². The van der Waals surface area contributed by atoms with E-state index in [0.29, 0.717) is 13.2 Å². The fraction of sp³-hybridized carbons (Fsp3) is 0.429. The second kappa shape index (κ2) is 17.1. The molecule has 0 bridgehead atoms. The predicted molar refractivity (Wildman–Crippen MR) is 203 cm³/mol. The molecule has 14 heteroatoms. The van der Waals surface area contributed by atoms with Crippen molar-refractivity contribution in [2.24, 2.45) is 0 Å². The minimum atomic E-state index is -2.71. The van der Waals surface area contributed by atoms with E-state index in [0.717, 1.165) is 86.6 Å². The Morgan fingerprint density at radius 2 is 1.54 bits per heavy atom. The van der Waals surface area contributed by atoms with Gasteiger partial charge >= 0.3 is 17.9 Å². The van der Waals surface area contributed by atoms with E-state index in [1.807, 2.05) is 37.3 Å². The highest BCUT2D eigenvalue weighted by Gasteiger charge is 2.65. The Labute approximate surface area is 324 Å². The van der Waals surface area contributed by atoms with E-state index in [-0.39, 0.29) is 11.5 Å². The number of ketones is 1. The average Bonchev–Trinajstić information content (AvgIpc) is 3.44. The normalized spacial score (nSPS) is 22.6. The fourth-order valence-electron chi connectivity index (χ4n) is 7.51. The van der Waals surface area contributed by atoms with Gasteiger partial charge in [0.15, 0.2) is 24.1 Å². The zero-order chi connectivity index (χ0) is 40.1. The number of aromatic hydroxyl groups is 1. The molecule has 298 valence electrons. The van der Waals surface area contributed by atoms with Gasteiger partial charge in [-0.15, -0.1) is 0 Å². The van der Waals surface area contributed by atoms with Crippen LogP contribution in [-0.4, -0.2) is 107 Å². The zero-order valence-electron chi connectivity index (χ0n) is 32.2. The van der Waals surface area contributed by atoms with Crippen molar-refractivity contribution in [1.82, 2.24) is 9.47 Å². The Morgan fingerprint density at radius 1 is 0.875 bits per heavy atom. The first-order valence-electron chi connectivity index (χ1n) is 18.6. The molecule has 56 heavy (non-hydrogen) atoms. The van der Waals surface area contributed by atoms with E-state index < -0.39 is 53.9 Å². The van der Waals surface area contributed by atoms with Crippen molar-refractivity contribution in [2.75, 3.05) is 33.4 Å². The van der Waals surface area contributed by atoms with Crippen LogP contribution in [0.3, 0.4) is 0 Å². The van der Waals surface area contributed by atoms with Crippen LogP contribution in [0.2, 0.25) is 0 Å². The summed E-state index contributed by atoms with van der Waals surface area (Å²) in [5, 5.41) is 23.1. The van der Waals surface area contributed by atoms with Crippen molar-refractivity contribution in [3.05, 3.63) is 77.9 Å². The molecule has 0 amide bonds. The van der Waals surface area contributed by atoms with Gasteiger partial charge in [-0.2, -0.15) is 0 Å². The van der Waals surface area contributed by atoms with Gasteiger partial charge in [-0.1, -0.05) is 18.6 Å². The summed E-state index contributed by atoms with van der Waals surface area (Å²) in [6.45, 7) is 9.36. The van der Waals surface area contributed by atoms with Crippen LogP contribution < -0.4 is 9.47 Å². The number of hydrogen-bond donors (Lipinski definition) is 2. The van der Waals surface area contributed by atoms with Crippen LogP contribution in [0, 0.1) is 6.92 Å². The number of carbonyl (C=O) groups is 4. The van der Waals surface area contributed by atoms with Crippen LogP contribution in [0.4, 0.5) is 0 Å². The maximum atomic E-state index is 13.1. The lowest BCUT2D eigenvalue weighted by Gasteiger charge is -2.47. The van der Waals surface area contributed by atoms with Crippen LogP contribution >= 0.6 is 0 Å². The monoisotopic (exact) mass is 772 g/mol. The van der Waals surface area contributed by atoms with Gasteiger partial charge in [-0.05, 0) is 111 Å². The predicted octanol–water partition coefficient (Wildman–Crippen LogP) is 4.70. The number of aryl methyl sites for hydroxylation is 1. The van der Waals surface area contributed by atoms with Gasteiger partial charge in [0.25, 0.3) is 0 Å². The van der Waals surface area contributed by atoms with Gasteiger partial charge in [0.2, 0.25) is 11.9 Å². The van der Waals surface area contributed by atoms with Gasteiger partial charge in [0.05, 0.1) is 12.8 Å². The number of piperidine rings is 1. The molecule has 2 saturated heterocycles. The van der Waals surface area contributed by atoms with Gasteiger partial charge in [0, 0.05) is 37.8 Å². The number of phenols is 1. The number of fused-ring (bicyclic) bond motifs is 1. The number of likely N-dealkylation sites (tertiary alicyclic amines) is 1. The topological polar surface area (TPSA) is 172 Å². The highest BCUT2D eigenvalue weighted by atomic mass is 16.7. The van der Waals surface area contributed by atoms with Gasteiger partial charge in [-0.3, -0.25) is 19.3 Å². The van der Waals surface area contributed by atoms with E-state index in [1.54, 1.807) is 36.4 Å². The molecule has 3 aromatic carbocycles. The summed E-state index contributed by atoms with van der Waals surface area (Å²) in [7, 11) is 1.07. The molecule has 4 aromatic rings. The third-order valence-electron chi connectivity index (χ3n) is 10.3. The molecule has 2 fully saturated rings. The molecule has 2 aliphatic rings. The summed E-state index contributed by atoms with van der Waals surface area (Å²) in [5.74, 6) is -2.71. The number of aromatic nitrogens is 1. The van der Waals surface area contributed by atoms with Crippen molar-refractivity contribution < 1.29 is 57.8 Å². The Morgan fingerprint density at radius 3 is 2.16 bits per heavy atom. The van der Waals surface area contributed by atoms with Crippen LogP contribution in [0.5, 0.6) is 17.2 Å². The van der Waals surface area contributed by atoms with Crippen LogP contribution in [0.25, 0.3) is 22.2 Å².